The second kappa shape index (κ2) is 5.68. The van der Waals surface area contributed by atoms with Crippen LogP contribution < -0.4 is 4.90 Å². The topological polar surface area (TPSA) is 79.2 Å². The first-order chi connectivity index (χ1) is 13.1. The van der Waals surface area contributed by atoms with Crippen molar-refractivity contribution in [3.8, 4) is 17.2 Å². The lowest BCUT2D eigenvalue weighted by atomic mass is 9.65. The maximum Gasteiger partial charge on any atom is 0.247 e. The predicted molar refractivity (Wildman–Crippen MR) is 99.8 cm³/mol. The molecule has 0 spiro atoms. The third-order valence-electron chi connectivity index (χ3n) is 6.17. The van der Waals surface area contributed by atoms with Crippen LogP contribution in [0.2, 0.25) is 0 Å². The normalized spacial score (nSPS) is 23.0. The lowest BCUT2D eigenvalue weighted by molar-refractivity contribution is -0.126. The zero-order valence-electron chi connectivity index (χ0n) is 15.2. The number of aryl methyl sites for hydroxylation is 1. The Kier molecular flexibility index (Phi) is 3.38. The van der Waals surface area contributed by atoms with Gasteiger partial charge in [-0.25, -0.2) is 4.52 Å². The summed E-state index contributed by atoms with van der Waals surface area (Å²) in [6.45, 7) is 0.579. The Hall–Kier alpha value is -3.14. The number of aromatic nitrogens is 4. The molecule has 0 aromatic carbocycles. The van der Waals surface area contributed by atoms with E-state index in [1.54, 1.807) is 20.3 Å². The molecule has 1 saturated heterocycles. The fourth-order valence-corrected chi connectivity index (χ4v) is 4.40. The molecule has 0 unspecified atom stereocenters. The SMILES string of the molecule is Cn1cc(-c2cc3c(N4CC[C@@](C#N)(C5CCC5)C4=O)ccnn3c2)cn1. The number of nitrogens with zero attached hydrogens (tertiary/aromatic N) is 6. The zero-order valence-corrected chi connectivity index (χ0v) is 15.2. The number of nitriles is 1. The minimum Gasteiger partial charge on any atom is -0.309 e. The van der Waals surface area contributed by atoms with E-state index in [0.29, 0.717) is 13.0 Å². The molecule has 3 aromatic rings. The first-order valence-electron chi connectivity index (χ1n) is 9.32. The molecule has 7 nitrogen and oxygen atoms in total. The fraction of sp³-hybridized carbons (Fsp3) is 0.400. The average molecular weight is 360 g/mol. The van der Waals surface area contributed by atoms with Gasteiger partial charge in [0.15, 0.2) is 0 Å². The molecule has 0 radical (unpaired) electrons. The van der Waals surface area contributed by atoms with Crippen LogP contribution in [-0.4, -0.2) is 31.8 Å². The van der Waals surface area contributed by atoms with Gasteiger partial charge in [0.05, 0.1) is 23.5 Å². The zero-order chi connectivity index (χ0) is 18.6. The quantitative estimate of drug-likeness (QED) is 0.719. The lowest BCUT2D eigenvalue weighted by Crippen LogP contribution is -2.42. The largest absolute Gasteiger partial charge is 0.309 e. The minimum atomic E-state index is -0.850. The number of carbonyl (C=O) groups excluding carboxylic acids is 1. The molecule has 136 valence electrons. The third kappa shape index (κ3) is 2.23. The van der Waals surface area contributed by atoms with Gasteiger partial charge in [-0.2, -0.15) is 15.5 Å². The monoisotopic (exact) mass is 360 g/mol. The van der Waals surface area contributed by atoms with Gasteiger partial charge < -0.3 is 4.90 Å². The van der Waals surface area contributed by atoms with Gasteiger partial charge in [-0.3, -0.25) is 9.48 Å². The van der Waals surface area contributed by atoms with Crippen LogP contribution in [0.4, 0.5) is 5.69 Å². The molecule has 1 aliphatic heterocycles. The summed E-state index contributed by atoms with van der Waals surface area (Å²) in [4.78, 5) is 15.1. The Morgan fingerprint density at radius 2 is 2.11 bits per heavy atom. The van der Waals surface area contributed by atoms with E-state index >= 15 is 0 Å². The number of hydrogen-bond donors (Lipinski definition) is 0. The molecular weight excluding hydrogens is 340 g/mol. The van der Waals surface area contributed by atoms with Gasteiger partial charge in [0, 0.05) is 43.3 Å². The van der Waals surface area contributed by atoms with Gasteiger partial charge in [0.25, 0.3) is 0 Å². The maximum atomic E-state index is 13.3. The highest BCUT2D eigenvalue weighted by Crippen LogP contribution is 2.49. The number of hydrogen-bond acceptors (Lipinski definition) is 4. The Morgan fingerprint density at radius 3 is 2.78 bits per heavy atom. The van der Waals surface area contributed by atoms with Crippen molar-refractivity contribution in [2.75, 3.05) is 11.4 Å². The lowest BCUT2D eigenvalue weighted by Gasteiger charge is -2.36. The molecule has 4 heterocycles. The van der Waals surface area contributed by atoms with Crippen LogP contribution in [0.1, 0.15) is 25.7 Å². The van der Waals surface area contributed by atoms with Gasteiger partial charge >= 0.3 is 0 Å². The molecular formula is C20H20N6O. The smallest absolute Gasteiger partial charge is 0.247 e. The van der Waals surface area contributed by atoms with Crippen LogP contribution in [0.25, 0.3) is 16.6 Å². The molecule has 2 fully saturated rings. The van der Waals surface area contributed by atoms with Crippen LogP contribution in [-0.2, 0) is 11.8 Å². The van der Waals surface area contributed by atoms with Crippen LogP contribution in [0.5, 0.6) is 0 Å². The standard InChI is InChI=1S/C20H20N6O/c1-24-11-15(10-23-24)14-9-18-17(5-7-22-26(18)12-14)25-8-6-20(13-21,19(25)27)16-3-2-4-16/h5,7,9-12,16H,2-4,6,8H2,1H3/t20-/m1/s1. The molecule has 1 amide bonds. The van der Waals surface area contributed by atoms with Crippen molar-refractivity contribution in [2.45, 2.75) is 25.7 Å². The van der Waals surface area contributed by atoms with Crippen molar-refractivity contribution in [3.05, 3.63) is 36.9 Å². The summed E-state index contributed by atoms with van der Waals surface area (Å²) < 4.78 is 3.55. The van der Waals surface area contributed by atoms with E-state index in [-0.39, 0.29) is 11.8 Å². The Bertz CT molecular complexity index is 1090. The van der Waals surface area contributed by atoms with E-state index in [9.17, 15) is 10.1 Å². The summed E-state index contributed by atoms with van der Waals surface area (Å²) in [6.07, 6.45) is 11.1. The molecule has 0 N–H and O–H groups in total. The molecule has 1 atom stereocenters. The highest BCUT2D eigenvalue weighted by Gasteiger charge is 2.54. The Labute approximate surface area is 156 Å². The number of amides is 1. The molecule has 27 heavy (non-hydrogen) atoms. The summed E-state index contributed by atoms with van der Waals surface area (Å²) in [7, 11) is 1.88. The Morgan fingerprint density at radius 1 is 1.26 bits per heavy atom. The van der Waals surface area contributed by atoms with Crippen molar-refractivity contribution in [3.63, 3.8) is 0 Å². The van der Waals surface area contributed by atoms with E-state index in [0.717, 1.165) is 41.6 Å². The molecule has 5 rings (SSSR count). The number of rotatable bonds is 3. The highest BCUT2D eigenvalue weighted by atomic mass is 16.2. The van der Waals surface area contributed by atoms with Gasteiger partial charge in [-0.15, -0.1) is 0 Å². The first-order valence-corrected chi connectivity index (χ1v) is 9.32. The van der Waals surface area contributed by atoms with Crippen LogP contribution >= 0.6 is 0 Å². The van der Waals surface area contributed by atoms with Gasteiger partial charge in [-0.05, 0) is 37.3 Å². The summed E-state index contributed by atoms with van der Waals surface area (Å²) in [5, 5.41) is 18.5. The van der Waals surface area contributed by atoms with E-state index in [4.69, 9.17) is 0 Å². The maximum absolute atomic E-state index is 13.3. The molecule has 1 aliphatic carbocycles. The van der Waals surface area contributed by atoms with Crippen LogP contribution in [0, 0.1) is 22.7 Å². The van der Waals surface area contributed by atoms with Gasteiger partial charge in [0.1, 0.15) is 5.41 Å². The van der Waals surface area contributed by atoms with E-state index in [1.807, 2.05) is 37.8 Å². The van der Waals surface area contributed by atoms with Gasteiger partial charge in [-0.1, -0.05) is 6.42 Å². The average Bonchev–Trinajstić information content (AvgIpc) is 3.31. The second-order valence-electron chi connectivity index (χ2n) is 7.60. The third-order valence-corrected chi connectivity index (χ3v) is 6.17. The second-order valence-corrected chi connectivity index (χ2v) is 7.60. The van der Waals surface area contributed by atoms with E-state index in [1.165, 1.54) is 0 Å². The Balaban J connectivity index is 1.56. The highest BCUT2D eigenvalue weighted by molar-refractivity contribution is 6.05. The van der Waals surface area contributed by atoms with Gasteiger partial charge in [0.2, 0.25) is 5.91 Å². The van der Waals surface area contributed by atoms with Crippen molar-refractivity contribution in [2.24, 2.45) is 18.4 Å². The van der Waals surface area contributed by atoms with Crippen molar-refractivity contribution in [1.29, 1.82) is 5.26 Å². The molecule has 2 aliphatic rings. The fourth-order valence-electron chi connectivity index (χ4n) is 4.40. The first kappa shape index (κ1) is 16.1. The molecule has 0 bridgehead atoms. The summed E-state index contributed by atoms with van der Waals surface area (Å²) in [5.74, 6) is 0.155. The van der Waals surface area contributed by atoms with Crippen molar-refractivity contribution < 1.29 is 4.79 Å². The van der Waals surface area contributed by atoms with Crippen LogP contribution in [0.3, 0.4) is 0 Å². The van der Waals surface area contributed by atoms with Crippen molar-refractivity contribution >= 4 is 17.1 Å². The van der Waals surface area contributed by atoms with E-state index < -0.39 is 5.41 Å². The minimum absolute atomic E-state index is 0.0491. The molecule has 3 aromatic heterocycles. The van der Waals surface area contributed by atoms with Crippen LogP contribution in [0.15, 0.2) is 36.9 Å². The molecule has 1 saturated carbocycles. The predicted octanol–water partition coefficient (Wildman–Crippen LogP) is 2.78. The van der Waals surface area contributed by atoms with E-state index in [2.05, 4.69) is 16.3 Å². The number of carbonyl (C=O) groups is 1. The summed E-state index contributed by atoms with van der Waals surface area (Å²) in [6, 6.07) is 6.29. The number of fused-ring (bicyclic) bond motifs is 1. The number of anilines is 1. The summed E-state index contributed by atoms with van der Waals surface area (Å²) in [5.41, 5.74) is 2.84. The molecule has 7 heteroatoms. The summed E-state index contributed by atoms with van der Waals surface area (Å²) >= 11 is 0. The van der Waals surface area contributed by atoms with Crippen molar-refractivity contribution in [1.82, 2.24) is 19.4 Å².